The molecule has 0 spiro atoms. The minimum Gasteiger partial charge on any atom is -0.365 e. The van der Waals surface area contributed by atoms with E-state index in [0.29, 0.717) is 5.84 Å². The van der Waals surface area contributed by atoms with Crippen molar-refractivity contribution in [1.29, 1.82) is 0 Å². The first-order chi connectivity index (χ1) is 17.6. The quantitative estimate of drug-likeness (QED) is 0.320. The van der Waals surface area contributed by atoms with Crippen LogP contribution in [0.1, 0.15) is 18.1 Å². The molecule has 1 aliphatic heterocycles. The van der Waals surface area contributed by atoms with E-state index in [0.717, 1.165) is 21.7 Å². The van der Waals surface area contributed by atoms with Crippen molar-refractivity contribution in [3.63, 3.8) is 0 Å². The Balaban J connectivity index is 1.80. The number of aliphatic imine (C=N–C) groups is 1. The highest BCUT2D eigenvalue weighted by atomic mass is 32.2. The van der Waals surface area contributed by atoms with Crippen LogP contribution in [0.2, 0.25) is 0 Å². The molecule has 5 rings (SSSR count). The number of thioether (sulfide) groups is 1. The van der Waals surface area contributed by atoms with Crippen molar-refractivity contribution in [3.8, 4) is 0 Å². The van der Waals surface area contributed by atoms with Crippen molar-refractivity contribution in [2.45, 2.75) is 20.1 Å². The summed E-state index contributed by atoms with van der Waals surface area (Å²) in [5, 5.41) is 21.1. The molecule has 4 aromatic rings. The molecule has 4 aromatic carbocycles. The Morgan fingerprint density at radius 2 is 1.22 bits per heavy atom. The Labute approximate surface area is 218 Å². The number of hydrogen-bond acceptors (Lipinski definition) is 4. The summed E-state index contributed by atoms with van der Waals surface area (Å²) in [6, 6.07) is 40.1. The molecule has 0 unspecified atom stereocenters. The molecule has 1 atom stereocenters. The Kier molecular flexibility index (Phi) is 7.38. The number of amidine groups is 1. The Bertz CT molecular complexity index is 1270. The number of aryl methyl sites for hydroxylation is 1. The molecule has 0 fully saturated rings. The van der Waals surface area contributed by atoms with Crippen LogP contribution >= 0.6 is 19.0 Å². The van der Waals surface area contributed by atoms with Gasteiger partial charge in [-0.05, 0) is 49.1 Å². The maximum absolute atomic E-state index is 11.9. The van der Waals surface area contributed by atoms with Gasteiger partial charge < -0.3 is 10.4 Å². The zero-order valence-corrected chi connectivity index (χ0v) is 22.2. The third-order valence-corrected chi connectivity index (χ3v) is 11.8. The minimum atomic E-state index is -2.46. The van der Waals surface area contributed by atoms with Crippen LogP contribution in [0.5, 0.6) is 0 Å². The molecule has 3 nitrogen and oxygen atoms in total. The van der Waals surface area contributed by atoms with Crippen LogP contribution in [0.4, 0.5) is 0 Å². The summed E-state index contributed by atoms with van der Waals surface area (Å²) in [7, 11) is -2.46. The maximum atomic E-state index is 11.9. The first-order valence-electron chi connectivity index (χ1n) is 12.2. The van der Waals surface area contributed by atoms with E-state index in [2.05, 4.69) is 116 Å². The smallest absolute Gasteiger partial charge is 0.209 e. The summed E-state index contributed by atoms with van der Waals surface area (Å²) in [5.74, 6) is 1.58. The van der Waals surface area contributed by atoms with Gasteiger partial charge in [0.2, 0.25) is 6.23 Å². The van der Waals surface area contributed by atoms with Gasteiger partial charge in [-0.15, -0.1) is 11.8 Å². The van der Waals surface area contributed by atoms with Crippen molar-refractivity contribution >= 4 is 40.8 Å². The zero-order chi connectivity index (χ0) is 25.0. The van der Waals surface area contributed by atoms with Gasteiger partial charge in [-0.1, -0.05) is 91.3 Å². The first-order valence-corrected chi connectivity index (χ1v) is 15.0. The second kappa shape index (κ2) is 10.8. The van der Waals surface area contributed by atoms with E-state index < -0.39 is 13.5 Å². The first kappa shape index (κ1) is 24.5. The number of aliphatic hydroxyl groups is 1. The van der Waals surface area contributed by atoms with Crippen LogP contribution in [0.15, 0.2) is 131 Å². The molecule has 1 heterocycles. The summed E-state index contributed by atoms with van der Waals surface area (Å²) >= 11 is 1.73. The van der Waals surface area contributed by atoms with Crippen LogP contribution in [-0.2, 0) is 0 Å². The molecule has 1 aliphatic rings. The van der Waals surface area contributed by atoms with Gasteiger partial charge in [0.05, 0.1) is 0 Å². The van der Waals surface area contributed by atoms with Crippen LogP contribution in [0, 0.1) is 6.92 Å². The zero-order valence-electron chi connectivity index (χ0n) is 20.5. The number of benzene rings is 4. The Morgan fingerprint density at radius 3 is 1.67 bits per heavy atom. The standard InChI is InChI=1S/C31H30N2OPS/c1-3-36-31-28(30(34)32-29(33-31)24-21-19-23(2)20-22-24)35(25-13-7-4-8-14-25,26-15-9-5-10-16-26)27-17-11-6-12-18-27/h4-22,30,34H,3H2,1-2H3,(H,32,33)/q+1/t30-/m0/s1. The molecule has 2 N–H and O–H groups in total. The molecule has 36 heavy (non-hydrogen) atoms. The second-order valence-electron chi connectivity index (χ2n) is 8.67. The van der Waals surface area contributed by atoms with Crippen LogP contribution in [0.3, 0.4) is 0 Å². The lowest BCUT2D eigenvalue weighted by atomic mass is 10.1. The fourth-order valence-corrected chi connectivity index (χ4v) is 10.4. The predicted molar refractivity (Wildman–Crippen MR) is 157 cm³/mol. The molecule has 0 aliphatic carbocycles. The van der Waals surface area contributed by atoms with Crippen molar-refractivity contribution in [3.05, 3.63) is 137 Å². The average molecular weight is 510 g/mol. The van der Waals surface area contributed by atoms with Crippen LogP contribution < -0.4 is 21.2 Å². The summed E-state index contributed by atoms with van der Waals surface area (Å²) < 4.78 is 0. The lowest BCUT2D eigenvalue weighted by Gasteiger charge is -2.34. The number of nitrogens with one attached hydrogen (secondary N) is 1. The summed E-state index contributed by atoms with van der Waals surface area (Å²) in [6.07, 6.45) is -0.981. The summed E-state index contributed by atoms with van der Waals surface area (Å²) in [5.41, 5.74) is 2.16. The molecule has 0 aromatic heterocycles. The monoisotopic (exact) mass is 509 g/mol. The molecule has 180 valence electrons. The number of aliphatic hydroxyl groups excluding tert-OH is 1. The lowest BCUT2D eigenvalue weighted by Crippen LogP contribution is -2.41. The van der Waals surface area contributed by atoms with Crippen molar-refractivity contribution in [2.75, 3.05) is 5.75 Å². The summed E-state index contributed by atoms with van der Waals surface area (Å²) in [6.45, 7) is 4.22. The van der Waals surface area contributed by atoms with Gasteiger partial charge in [-0.2, -0.15) is 0 Å². The van der Waals surface area contributed by atoms with Gasteiger partial charge in [-0.3, -0.25) is 0 Å². The lowest BCUT2D eigenvalue weighted by molar-refractivity contribution is 0.226. The normalized spacial score (nSPS) is 15.9. The molecular formula is C31H30N2OPS+. The topological polar surface area (TPSA) is 44.6 Å². The maximum Gasteiger partial charge on any atom is 0.209 e. The second-order valence-corrected chi connectivity index (χ2v) is 13.3. The highest BCUT2D eigenvalue weighted by Crippen LogP contribution is 2.65. The molecule has 0 amide bonds. The van der Waals surface area contributed by atoms with Crippen molar-refractivity contribution < 1.29 is 5.11 Å². The van der Waals surface area contributed by atoms with E-state index in [1.165, 1.54) is 21.5 Å². The summed E-state index contributed by atoms with van der Waals surface area (Å²) in [4.78, 5) is 4.86. The fraction of sp³-hybridized carbons (Fsp3) is 0.129. The SMILES string of the molecule is CCSC1=C([P+](c2ccccc2)(c2ccccc2)c2ccccc2)[C@H](O)N=C(c2ccc(C)cc2)N1. The minimum absolute atomic E-state index is 0.703. The van der Waals surface area contributed by atoms with Gasteiger partial charge >= 0.3 is 0 Å². The van der Waals surface area contributed by atoms with E-state index >= 15 is 0 Å². The van der Waals surface area contributed by atoms with Crippen LogP contribution in [-0.4, -0.2) is 22.9 Å². The van der Waals surface area contributed by atoms with E-state index in [4.69, 9.17) is 4.99 Å². The molecule has 0 saturated carbocycles. The molecule has 0 saturated heterocycles. The van der Waals surface area contributed by atoms with E-state index in [9.17, 15) is 5.11 Å². The predicted octanol–water partition coefficient (Wildman–Crippen LogP) is 5.58. The Morgan fingerprint density at radius 1 is 0.750 bits per heavy atom. The van der Waals surface area contributed by atoms with E-state index in [-0.39, 0.29) is 0 Å². The van der Waals surface area contributed by atoms with Crippen LogP contribution in [0.25, 0.3) is 0 Å². The molecular weight excluding hydrogens is 479 g/mol. The largest absolute Gasteiger partial charge is 0.365 e. The number of hydrogen-bond donors (Lipinski definition) is 2. The Hall–Kier alpha value is -3.17. The number of rotatable bonds is 7. The van der Waals surface area contributed by atoms with Gasteiger partial charge in [0.15, 0.2) is 5.31 Å². The van der Waals surface area contributed by atoms with Gasteiger partial charge in [0.1, 0.15) is 34.0 Å². The van der Waals surface area contributed by atoms with Gasteiger partial charge in [0, 0.05) is 5.56 Å². The van der Waals surface area contributed by atoms with Gasteiger partial charge in [0.25, 0.3) is 0 Å². The fourth-order valence-electron chi connectivity index (χ4n) is 4.76. The highest BCUT2D eigenvalue weighted by Gasteiger charge is 2.54. The van der Waals surface area contributed by atoms with E-state index in [1.807, 2.05) is 18.2 Å². The average Bonchev–Trinajstić information content (AvgIpc) is 2.93. The van der Waals surface area contributed by atoms with Gasteiger partial charge in [-0.25, -0.2) is 4.99 Å². The third kappa shape index (κ3) is 4.53. The van der Waals surface area contributed by atoms with E-state index in [1.54, 1.807) is 11.8 Å². The molecule has 5 heteroatoms. The third-order valence-electron chi connectivity index (χ3n) is 6.37. The number of nitrogens with zero attached hydrogens (tertiary/aromatic N) is 1. The highest BCUT2D eigenvalue weighted by molar-refractivity contribution is 8.05. The molecule has 0 bridgehead atoms. The molecule has 0 radical (unpaired) electrons. The van der Waals surface area contributed by atoms with Crippen molar-refractivity contribution in [2.24, 2.45) is 4.99 Å². The van der Waals surface area contributed by atoms with Crippen molar-refractivity contribution in [1.82, 2.24) is 5.32 Å².